The second-order valence-electron chi connectivity index (χ2n) is 8.89. The summed E-state index contributed by atoms with van der Waals surface area (Å²) in [7, 11) is 1.64. The van der Waals surface area contributed by atoms with Gasteiger partial charge >= 0.3 is 17.9 Å². The molecule has 0 atom stereocenters. The van der Waals surface area contributed by atoms with E-state index < -0.39 is 48.0 Å². The number of nitrogens with zero attached hydrogens (tertiary/aromatic N) is 3. The Balaban J connectivity index is 0.000000366. The van der Waals surface area contributed by atoms with Crippen LogP contribution in [0, 0.1) is 11.6 Å². The third kappa shape index (κ3) is 10.4. The number of carbonyl (C=O) groups is 3. The summed E-state index contributed by atoms with van der Waals surface area (Å²) >= 11 is 0. The van der Waals surface area contributed by atoms with Crippen molar-refractivity contribution in [1.29, 1.82) is 0 Å². The predicted molar refractivity (Wildman–Crippen MR) is 137 cm³/mol. The minimum absolute atomic E-state index is 0.397. The van der Waals surface area contributed by atoms with Crippen LogP contribution in [0.3, 0.4) is 0 Å². The number of aliphatic hydroxyl groups is 1. The van der Waals surface area contributed by atoms with Crippen molar-refractivity contribution in [2.75, 3.05) is 13.7 Å². The normalized spacial score (nSPS) is 11.0. The first kappa shape index (κ1) is 31.9. The average molecular weight is 564 g/mol. The van der Waals surface area contributed by atoms with Crippen LogP contribution >= 0.6 is 0 Å². The Morgan fingerprint density at radius 1 is 1.00 bits per heavy atom. The number of hydrogen-bond acceptors (Lipinski definition) is 7. The molecule has 0 fully saturated rings. The Bertz CT molecular complexity index is 1250. The number of ether oxygens (including phenoxy) is 1. The molecular weight excluding hydrogens is 532 g/mol. The van der Waals surface area contributed by atoms with Crippen molar-refractivity contribution in [3.8, 4) is 5.75 Å². The summed E-state index contributed by atoms with van der Waals surface area (Å²) in [4.78, 5) is 36.7. The van der Waals surface area contributed by atoms with Crippen LogP contribution in [0.4, 0.5) is 8.78 Å². The second-order valence-corrected chi connectivity index (χ2v) is 8.89. The molecule has 4 N–H and O–H groups in total. The van der Waals surface area contributed by atoms with Crippen LogP contribution < -0.4 is 4.74 Å². The summed E-state index contributed by atoms with van der Waals surface area (Å²) in [5.41, 5.74) is -1.23. The molecule has 40 heavy (non-hydrogen) atoms. The minimum atomic E-state index is -2.74. The summed E-state index contributed by atoms with van der Waals surface area (Å²) in [6.07, 6.45) is 4.05. The molecule has 0 spiro atoms. The summed E-state index contributed by atoms with van der Waals surface area (Å²) in [6, 6.07) is 11.5. The van der Waals surface area contributed by atoms with Gasteiger partial charge in [0.15, 0.2) is 5.60 Å². The first-order valence-corrected chi connectivity index (χ1v) is 12.1. The highest BCUT2D eigenvalue weighted by Gasteiger charge is 2.40. The van der Waals surface area contributed by atoms with E-state index in [4.69, 9.17) is 25.2 Å². The maximum atomic E-state index is 14.1. The van der Waals surface area contributed by atoms with Crippen molar-refractivity contribution in [2.24, 2.45) is 0 Å². The molecule has 0 amide bonds. The fraction of sp³-hybridized carbons (Fsp3) is 0.333. The lowest BCUT2D eigenvalue weighted by molar-refractivity contribution is -0.170. The molecular formula is C27H31F2N3O8. The van der Waals surface area contributed by atoms with Gasteiger partial charge in [0, 0.05) is 55.8 Å². The van der Waals surface area contributed by atoms with E-state index in [2.05, 4.69) is 9.88 Å². The van der Waals surface area contributed by atoms with Crippen molar-refractivity contribution in [3.63, 3.8) is 0 Å². The number of imidazole rings is 1. The first-order valence-electron chi connectivity index (χ1n) is 12.1. The lowest BCUT2D eigenvalue weighted by Gasteiger charge is -2.24. The van der Waals surface area contributed by atoms with Gasteiger partial charge in [0.2, 0.25) is 0 Å². The average Bonchev–Trinajstić information content (AvgIpc) is 3.39. The number of carboxylic acid groups (broad SMARTS) is 3. The third-order valence-electron chi connectivity index (χ3n) is 5.73. The van der Waals surface area contributed by atoms with Gasteiger partial charge in [0.25, 0.3) is 0 Å². The minimum Gasteiger partial charge on any atom is -0.496 e. The molecule has 0 aliphatic heterocycles. The third-order valence-corrected chi connectivity index (χ3v) is 5.73. The summed E-state index contributed by atoms with van der Waals surface area (Å²) in [5.74, 6) is -5.30. The molecule has 0 aliphatic rings. The van der Waals surface area contributed by atoms with Crippen LogP contribution in [0.2, 0.25) is 0 Å². The second kappa shape index (κ2) is 15.3. The Kier molecular flexibility index (Phi) is 12.2. The summed E-state index contributed by atoms with van der Waals surface area (Å²) in [5, 5.41) is 33.8. The number of carboxylic acids is 3. The smallest absolute Gasteiger partial charge is 0.336 e. The number of halogens is 2. The Morgan fingerprint density at radius 2 is 1.65 bits per heavy atom. The fourth-order valence-electron chi connectivity index (χ4n) is 3.79. The van der Waals surface area contributed by atoms with Gasteiger partial charge in [-0.3, -0.25) is 14.5 Å². The number of benzene rings is 2. The zero-order valence-corrected chi connectivity index (χ0v) is 21.7. The van der Waals surface area contributed by atoms with Crippen molar-refractivity contribution in [1.82, 2.24) is 14.5 Å². The molecule has 1 aromatic heterocycles. The van der Waals surface area contributed by atoms with E-state index in [-0.39, 0.29) is 0 Å². The predicted octanol–water partition coefficient (Wildman–Crippen LogP) is 3.01. The summed E-state index contributed by atoms with van der Waals surface area (Å²) in [6.45, 7) is 2.60. The van der Waals surface area contributed by atoms with Crippen LogP contribution in [0.5, 0.6) is 5.75 Å². The Morgan fingerprint density at radius 3 is 2.20 bits per heavy atom. The Hall–Kier alpha value is -4.36. The number of rotatable bonds is 14. The van der Waals surface area contributed by atoms with E-state index in [1.165, 1.54) is 12.1 Å². The number of aromatic nitrogens is 2. The van der Waals surface area contributed by atoms with Gasteiger partial charge in [-0.15, -0.1) is 0 Å². The van der Waals surface area contributed by atoms with Gasteiger partial charge in [-0.1, -0.05) is 24.3 Å². The van der Waals surface area contributed by atoms with E-state index in [0.717, 1.165) is 36.9 Å². The molecule has 13 heteroatoms. The van der Waals surface area contributed by atoms with Crippen molar-refractivity contribution >= 4 is 17.9 Å². The highest BCUT2D eigenvalue weighted by molar-refractivity contribution is 5.88. The standard InChI is InChI=1S/C21H23F2N3O.C6H8O7/c1-27-21-6-3-2-5-18(21)15-26(11-4-10-25-12-9-24-16-25)14-17-7-8-19(22)13-20(17)23;7-3(8)1-6(13,5(11)12)2-4(9)10/h2-3,5-9,12-13,16H,4,10-11,14-15H2,1H3;13H,1-2H2,(H,7,8)(H,9,10)(H,11,12). The lowest BCUT2D eigenvalue weighted by Crippen LogP contribution is -2.42. The fourth-order valence-corrected chi connectivity index (χ4v) is 3.79. The van der Waals surface area contributed by atoms with Crippen LogP contribution in [0.15, 0.2) is 61.2 Å². The molecule has 0 bridgehead atoms. The maximum Gasteiger partial charge on any atom is 0.336 e. The number of methoxy groups -OCH3 is 1. The highest BCUT2D eigenvalue weighted by atomic mass is 19.1. The van der Waals surface area contributed by atoms with Crippen molar-refractivity contribution in [3.05, 3.63) is 83.9 Å². The largest absolute Gasteiger partial charge is 0.496 e. The van der Waals surface area contributed by atoms with Crippen molar-refractivity contribution in [2.45, 2.75) is 44.5 Å². The van der Waals surface area contributed by atoms with Crippen molar-refractivity contribution < 1.29 is 48.3 Å². The van der Waals surface area contributed by atoms with E-state index in [1.54, 1.807) is 19.6 Å². The van der Waals surface area contributed by atoms with Crippen LogP contribution in [0.1, 0.15) is 30.4 Å². The zero-order chi connectivity index (χ0) is 29.7. The molecule has 0 saturated heterocycles. The molecule has 216 valence electrons. The molecule has 3 aromatic rings. The topological polar surface area (TPSA) is 162 Å². The van der Waals surface area contributed by atoms with E-state index in [0.29, 0.717) is 18.7 Å². The van der Waals surface area contributed by atoms with E-state index in [9.17, 15) is 23.2 Å². The van der Waals surface area contributed by atoms with Crippen LogP contribution in [-0.2, 0) is 34.0 Å². The van der Waals surface area contributed by atoms with Gasteiger partial charge < -0.3 is 29.7 Å². The maximum absolute atomic E-state index is 14.1. The Labute approximate surface area is 228 Å². The molecule has 2 aromatic carbocycles. The molecule has 0 radical (unpaired) electrons. The number of hydrogen-bond donors (Lipinski definition) is 4. The molecule has 0 saturated carbocycles. The molecule has 3 rings (SSSR count). The van der Waals surface area contributed by atoms with Gasteiger partial charge in [0.1, 0.15) is 17.4 Å². The molecule has 11 nitrogen and oxygen atoms in total. The van der Waals surface area contributed by atoms with Crippen LogP contribution in [0.25, 0.3) is 0 Å². The quantitative estimate of drug-likeness (QED) is 0.229. The SMILES string of the molecule is COc1ccccc1CN(CCCn1ccnc1)Cc1ccc(F)cc1F.O=C(O)CC(O)(CC(=O)O)C(=O)O. The number of aryl methyl sites for hydroxylation is 1. The first-order chi connectivity index (χ1) is 18.9. The zero-order valence-electron chi connectivity index (χ0n) is 21.7. The lowest BCUT2D eigenvalue weighted by atomic mass is 9.96. The van der Waals surface area contributed by atoms with Gasteiger partial charge in [-0.05, 0) is 18.6 Å². The van der Waals surface area contributed by atoms with E-state index >= 15 is 0 Å². The van der Waals surface area contributed by atoms with Crippen LogP contribution in [-0.4, -0.2) is 72.0 Å². The van der Waals surface area contributed by atoms with Gasteiger partial charge in [0.05, 0.1) is 26.3 Å². The van der Waals surface area contributed by atoms with Gasteiger partial charge in [-0.2, -0.15) is 0 Å². The summed E-state index contributed by atoms with van der Waals surface area (Å²) < 4.78 is 34.8. The molecule has 0 unspecified atom stereocenters. The van der Waals surface area contributed by atoms with Gasteiger partial charge in [-0.25, -0.2) is 18.6 Å². The number of aliphatic carboxylic acids is 3. The highest BCUT2D eigenvalue weighted by Crippen LogP contribution is 2.21. The number of para-hydroxylation sites is 1. The molecule has 0 aliphatic carbocycles. The molecule has 1 heterocycles. The van der Waals surface area contributed by atoms with E-state index in [1.807, 2.05) is 35.0 Å². The monoisotopic (exact) mass is 563 g/mol.